The van der Waals surface area contributed by atoms with Crippen molar-refractivity contribution < 1.29 is 8.42 Å². The molecule has 0 N–H and O–H groups in total. The fourth-order valence-electron chi connectivity index (χ4n) is 2.99. The zero-order valence-corrected chi connectivity index (χ0v) is 9.21. The molecule has 13 heavy (non-hydrogen) atoms. The first kappa shape index (κ1) is 9.46. The SMILES string of the molecule is CC(C)[C@H]1[C@H]2C[C@@H]1N(S(C)(=O)=O)C2. The van der Waals surface area contributed by atoms with Gasteiger partial charge in [-0.05, 0) is 24.2 Å². The second-order valence-corrected chi connectivity index (χ2v) is 6.65. The molecule has 2 saturated heterocycles. The molecule has 2 heterocycles. The molecule has 0 spiro atoms. The van der Waals surface area contributed by atoms with Crippen LogP contribution in [-0.4, -0.2) is 31.6 Å². The van der Waals surface area contributed by atoms with Crippen LogP contribution < -0.4 is 0 Å². The van der Waals surface area contributed by atoms with E-state index >= 15 is 0 Å². The van der Waals surface area contributed by atoms with Crippen LogP contribution in [0.15, 0.2) is 0 Å². The van der Waals surface area contributed by atoms with Crippen LogP contribution in [0.25, 0.3) is 0 Å². The first-order valence-corrected chi connectivity index (χ1v) is 6.73. The predicted molar refractivity (Wildman–Crippen MR) is 51.8 cm³/mol. The van der Waals surface area contributed by atoms with Crippen LogP contribution in [-0.2, 0) is 10.0 Å². The van der Waals surface area contributed by atoms with Gasteiger partial charge in [-0.15, -0.1) is 0 Å². The highest BCUT2D eigenvalue weighted by Gasteiger charge is 2.55. The van der Waals surface area contributed by atoms with E-state index in [4.69, 9.17) is 0 Å². The molecule has 0 unspecified atom stereocenters. The zero-order valence-electron chi connectivity index (χ0n) is 8.40. The number of sulfonamides is 1. The van der Waals surface area contributed by atoms with Gasteiger partial charge >= 0.3 is 0 Å². The molecule has 3 nitrogen and oxygen atoms in total. The Balaban J connectivity index is 2.16. The molecule has 0 radical (unpaired) electrons. The van der Waals surface area contributed by atoms with Gasteiger partial charge in [-0.3, -0.25) is 0 Å². The summed E-state index contributed by atoms with van der Waals surface area (Å²) < 4.78 is 24.4. The summed E-state index contributed by atoms with van der Waals surface area (Å²) >= 11 is 0. The van der Waals surface area contributed by atoms with Crippen molar-refractivity contribution in [2.75, 3.05) is 12.8 Å². The summed E-state index contributed by atoms with van der Waals surface area (Å²) in [6.45, 7) is 5.15. The van der Waals surface area contributed by atoms with E-state index in [0.29, 0.717) is 23.8 Å². The van der Waals surface area contributed by atoms with Crippen molar-refractivity contribution >= 4 is 10.0 Å². The third-order valence-electron chi connectivity index (χ3n) is 3.51. The maximum Gasteiger partial charge on any atom is 0.211 e. The van der Waals surface area contributed by atoms with Crippen molar-refractivity contribution in [3.05, 3.63) is 0 Å². The van der Waals surface area contributed by atoms with Crippen LogP contribution >= 0.6 is 0 Å². The zero-order chi connectivity index (χ0) is 9.80. The minimum atomic E-state index is -2.94. The van der Waals surface area contributed by atoms with Crippen LogP contribution in [0, 0.1) is 17.8 Å². The molecule has 76 valence electrons. The molecule has 3 atom stereocenters. The molecular weight excluding hydrogens is 186 g/mol. The van der Waals surface area contributed by atoms with E-state index < -0.39 is 10.0 Å². The first-order valence-electron chi connectivity index (χ1n) is 4.88. The second-order valence-electron chi connectivity index (χ2n) is 4.72. The van der Waals surface area contributed by atoms with Crippen molar-refractivity contribution in [1.29, 1.82) is 0 Å². The van der Waals surface area contributed by atoms with E-state index in [-0.39, 0.29) is 0 Å². The quantitative estimate of drug-likeness (QED) is 0.669. The van der Waals surface area contributed by atoms with E-state index in [1.807, 2.05) is 0 Å². The van der Waals surface area contributed by atoms with E-state index in [1.165, 1.54) is 6.26 Å². The molecule has 4 heteroatoms. The number of hydrogen-bond donors (Lipinski definition) is 0. The smallest absolute Gasteiger partial charge is 0.211 e. The highest BCUT2D eigenvalue weighted by molar-refractivity contribution is 7.88. The lowest BCUT2D eigenvalue weighted by atomic mass is 9.68. The van der Waals surface area contributed by atoms with Gasteiger partial charge in [0, 0.05) is 12.6 Å². The topological polar surface area (TPSA) is 37.4 Å². The Morgan fingerprint density at radius 2 is 2.00 bits per heavy atom. The Kier molecular flexibility index (Phi) is 1.97. The molecule has 0 aromatic heterocycles. The molecule has 0 aromatic rings. The average molecular weight is 203 g/mol. The molecular formula is C9H17NO2S. The van der Waals surface area contributed by atoms with E-state index in [2.05, 4.69) is 13.8 Å². The summed E-state index contributed by atoms with van der Waals surface area (Å²) in [5.74, 6) is 1.88. The molecule has 2 aliphatic heterocycles. The van der Waals surface area contributed by atoms with E-state index in [1.54, 1.807) is 4.31 Å². The number of hydrogen-bond acceptors (Lipinski definition) is 2. The van der Waals surface area contributed by atoms with Crippen LogP contribution in [0.4, 0.5) is 0 Å². The van der Waals surface area contributed by atoms with Gasteiger partial charge in [-0.25, -0.2) is 8.42 Å². The number of fused-ring (bicyclic) bond motifs is 1. The molecule has 1 saturated carbocycles. The molecule has 1 aliphatic carbocycles. The molecule has 0 amide bonds. The Hall–Kier alpha value is -0.0900. The van der Waals surface area contributed by atoms with Crippen LogP contribution in [0.1, 0.15) is 20.3 Å². The summed E-state index contributed by atoms with van der Waals surface area (Å²) in [5, 5.41) is 0. The summed E-state index contributed by atoms with van der Waals surface area (Å²) in [5.41, 5.74) is 0. The first-order chi connectivity index (χ1) is 5.91. The van der Waals surface area contributed by atoms with E-state index in [9.17, 15) is 8.42 Å². The lowest BCUT2D eigenvalue weighted by Gasteiger charge is -2.39. The Morgan fingerprint density at radius 3 is 2.31 bits per heavy atom. The molecule has 3 rings (SSSR count). The highest BCUT2D eigenvalue weighted by atomic mass is 32.2. The van der Waals surface area contributed by atoms with Crippen molar-refractivity contribution in [2.45, 2.75) is 26.3 Å². The van der Waals surface area contributed by atoms with Crippen LogP contribution in [0.3, 0.4) is 0 Å². The molecule has 3 fully saturated rings. The van der Waals surface area contributed by atoms with Gasteiger partial charge in [-0.2, -0.15) is 4.31 Å². The predicted octanol–water partition coefficient (Wildman–Crippen LogP) is 0.922. The monoisotopic (exact) mass is 203 g/mol. The van der Waals surface area contributed by atoms with Crippen molar-refractivity contribution in [1.82, 2.24) is 4.31 Å². The minimum absolute atomic E-state index is 0.319. The van der Waals surface area contributed by atoms with Gasteiger partial charge in [0.1, 0.15) is 0 Å². The van der Waals surface area contributed by atoms with E-state index in [0.717, 1.165) is 13.0 Å². The Bertz CT molecular complexity index is 310. The van der Waals surface area contributed by atoms with Crippen molar-refractivity contribution in [2.24, 2.45) is 17.8 Å². The third-order valence-corrected chi connectivity index (χ3v) is 4.78. The summed E-state index contributed by atoms with van der Waals surface area (Å²) in [4.78, 5) is 0. The lowest BCUT2D eigenvalue weighted by Crippen LogP contribution is -2.43. The van der Waals surface area contributed by atoms with Gasteiger partial charge in [0.25, 0.3) is 0 Å². The van der Waals surface area contributed by atoms with Crippen molar-refractivity contribution in [3.8, 4) is 0 Å². The Labute approximate surface area is 80.2 Å². The normalized spacial score (nSPS) is 39.5. The van der Waals surface area contributed by atoms with Crippen LogP contribution in [0.5, 0.6) is 0 Å². The summed E-state index contributed by atoms with van der Waals surface area (Å²) in [6.07, 6.45) is 2.42. The summed E-state index contributed by atoms with van der Waals surface area (Å²) in [7, 11) is -2.94. The number of nitrogens with zero attached hydrogens (tertiary/aromatic N) is 1. The fourth-order valence-corrected chi connectivity index (χ4v) is 4.17. The van der Waals surface area contributed by atoms with Crippen molar-refractivity contribution in [3.63, 3.8) is 0 Å². The van der Waals surface area contributed by atoms with Gasteiger partial charge in [0.2, 0.25) is 10.0 Å². The van der Waals surface area contributed by atoms with Gasteiger partial charge in [0.05, 0.1) is 6.26 Å². The molecule has 2 bridgehead atoms. The minimum Gasteiger partial charge on any atom is -0.212 e. The standard InChI is InChI=1S/C9H17NO2S/c1-6(2)9-7-4-8(9)10(5-7)13(3,11)12/h6-9H,4-5H2,1-3H3/t7-,8-,9-/m0/s1. The highest BCUT2D eigenvalue weighted by Crippen LogP contribution is 2.50. The summed E-state index contributed by atoms with van der Waals surface area (Å²) in [6, 6.07) is 0.319. The molecule has 0 aromatic carbocycles. The number of rotatable bonds is 2. The second kappa shape index (κ2) is 2.70. The van der Waals surface area contributed by atoms with Gasteiger partial charge in [0.15, 0.2) is 0 Å². The lowest BCUT2D eigenvalue weighted by molar-refractivity contribution is 0.136. The fraction of sp³-hybridized carbons (Fsp3) is 1.00. The maximum atomic E-state index is 11.4. The largest absolute Gasteiger partial charge is 0.212 e. The Morgan fingerprint density at radius 1 is 1.38 bits per heavy atom. The maximum absolute atomic E-state index is 11.4. The van der Waals surface area contributed by atoms with Gasteiger partial charge < -0.3 is 0 Å². The third kappa shape index (κ3) is 1.31. The van der Waals surface area contributed by atoms with Gasteiger partial charge in [-0.1, -0.05) is 13.8 Å². The average Bonchev–Trinajstić information content (AvgIpc) is 2.34. The molecule has 3 aliphatic rings. The van der Waals surface area contributed by atoms with Crippen LogP contribution in [0.2, 0.25) is 0 Å².